The molecule has 0 heterocycles. The molecule has 0 aromatic heterocycles. The average molecular weight is 212 g/mol. The van der Waals surface area contributed by atoms with Gasteiger partial charge in [0.25, 0.3) is 0 Å². The monoisotopic (exact) mass is 212 g/mol. The van der Waals surface area contributed by atoms with Crippen molar-refractivity contribution >= 4 is 5.97 Å². The lowest BCUT2D eigenvalue weighted by atomic mass is 9.98. The van der Waals surface area contributed by atoms with Crippen LogP contribution in [0, 0.1) is 5.41 Å². The van der Waals surface area contributed by atoms with E-state index in [9.17, 15) is 4.79 Å². The summed E-state index contributed by atoms with van der Waals surface area (Å²) in [5.41, 5.74) is -0.0533. The number of unbranched alkanes of at least 4 members (excludes halogenated alkanes) is 4. The first kappa shape index (κ1) is 12.5. The van der Waals surface area contributed by atoms with Crippen LogP contribution in [0.15, 0.2) is 0 Å². The van der Waals surface area contributed by atoms with E-state index in [1.807, 2.05) is 6.92 Å². The standard InChI is InChI=1S/C13H24O2/c1-3-5-6-7-8-9-13(10-11-13)12(14)15-4-2/h3-11H2,1-2H3. The molecule has 0 unspecified atom stereocenters. The van der Waals surface area contributed by atoms with Gasteiger partial charge in [0.2, 0.25) is 0 Å². The summed E-state index contributed by atoms with van der Waals surface area (Å²) in [6.45, 7) is 4.63. The summed E-state index contributed by atoms with van der Waals surface area (Å²) in [6.07, 6.45) is 9.55. The van der Waals surface area contributed by atoms with E-state index < -0.39 is 0 Å². The molecule has 0 N–H and O–H groups in total. The van der Waals surface area contributed by atoms with Gasteiger partial charge in [-0.3, -0.25) is 4.79 Å². The van der Waals surface area contributed by atoms with Gasteiger partial charge in [0.15, 0.2) is 0 Å². The molecular weight excluding hydrogens is 188 g/mol. The predicted octanol–water partition coefficient (Wildman–Crippen LogP) is 3.69. The molecule has 0 amide bonds. The van der Waals surface area contributed by atoms with Crippen LogP contribution in [0.5, 0.6) is 0 Å². The van der Waals surface area contributed by atoms with Crippen molar-refractivity contribution in [2.45, 2.75) is 65.2 Å². The third kappa shape index (κ3) is 3.84. The molecule has 0 atom stereocenters. The van der Waals surface area contributed by atoms with E-state index in [1.165, 1.54) is 32.1 Å². The topological polar surface area (TPSA) is 26.3 Å². The van der Waals surface area contributed by atoms with E-state index in [-0.39, 0.29) is 11.4 Å². The fourth-order valence-corrected chi connectivity index (χ4v) is 2.06. The fraction of sp³-hybridized carbons (Fsp3) is 0.923. The maximum absolute atomic E-state index is 11.6. The molecule has 1 aliphatic rings. The van der Waals surface area contributed by atoms with Gasteiger partial charge >= 0.3 is 5.97 Å². The Kier molecular flexibility index (Phi) is 5.13. The first-order valence-electron chi connectivity index (χ1n) is 6.42. The van der Waals surface area contributed by atoms with Crippen LogP contribution in [-0.4, -0.2) is 12.6 Å². The normalized spacial score (nSPS) is 17.5. The van der Waals surface area contributed by atoms with E-state index in [2.05, 4.69) is 6.92 Å². The molecule has 1 aliphatic carbocycles. The number of carbonyl (C=O) groups excluding carboxylic acids is 1. The van der Waals surface area contributed by atoms with Gasteiger partial charge in [0.05, 0.1) is 12.0 Å². The van der Waals surface area contributed by atoms with Crippen LogP contribution in [0.25, 0.3) is 0 Å². The minimum absolute atomic E-state index is 0.0533. The zero-order valence-corrected chi connectivity index (χ0v) is 10.2. The van der Waals surface area contributed by atoms with Gasteiger partial charge in [-0.1, -0.05) is 39.0 Å². The number of carbonyl (C=O) groups is 1. The Hall–Kier alpha value is -0.530. The van der Waals surface area contributed by atoms with E-state index in [0.717, 1.165) is 19.3 Å². The first-order valence-corrected chi connectivity index (χ1v) is 6.42. The van der Waals surface area contributed by atoms with Crippen LogP contribution in [0.3, 0.4) is 0 Å². The van der Waals surface area contributed by atoms with Crippen LogP contribution < -0.4 is 0 Å². The third-order valence-electron chi connectivity index (χ3n) is 3.32. The summed E-state index contributed by atoms with van der Waals surface area (Å²) in [5.74, 6) is 0.0560. The number of rotatable bonds is 8. The Morgan fingerprint density at radius 3 is 2.33 bits per heavy atom. The van der Waals surface area contributed by atoms with E-state index >= 15 is 0 Å². The van der Waals surface area contributed by atoms with Crippen LogP contribution in [-0.2, 0) is 9.53 Å². The Morgan fingerprint density at radius 1 is 1.13 bits per heavy atom. The molecule has 0 spiro atoms. The van der Waals surface area contributed by atoms with Crippen molar-refractivity contribution in [2.75, 3.05) is 6.61 Å². The number of hydrogen-bond acceptors (Lipinski definition) is 2. The molecule has 0 radical (unpaired) electrons. The van der Waals surface area contributed by atoms with Gasteiger partial charge in [-0.2, -0.15) is 0 Å². The molecule has 0 bridgehead atoms. The molecule has 15 heavy (non-hydrogen) atoms. The lowest BCUT2D eigenvalue weighted by Crippen LogP contribution is -2.18. The van der Waals surface area contributed by atoms with Crippen molar-refractivity contribution in [1.82, 2.24) is 0 Å². The van der Waals surface area contributed by atoms with E-state index in [4.69, 9.17) is 4.74 Å². The van der Waals surface area contributed by atoms with Crippen LogP contribution in [0.2, 0.25) is 0 Å². The van der Waals surface area contributed by atoms with Crippen LogP contribution >= 0.6 is 0 Å². The molecule has 2 nitrogen and oxygen atoms in total. The summed E-state index contributed by atoms with van der Waals surface area (Å²) in [6, 6.07) is 0. The lowest BCUT2D eigenvalue weighted by molar-refractivity contribution is -0.150. The lowest BCUT2D eigenvalue weighted by Gasteiger charge is -2.13. The molecule has 0 aromatic carbocycles. The summed E-state index contributed by atoms with van der Waals surface area (Å²) in [5, 5.41) is 0. The molecule has 1 fully saturated rings. The zero-order valence-electron chi connectivity index (χ0n) is 10.2. The summed E-state index contributed by atoms with van der Waals surface area (Å²) < 4.78 is 5.11. The Morgan fingerprint density at radius 2 is 1.80 bits per heavy atom. The Labute approximate surface area is 93.4 Å². The van der Waals surface area contributed by atoms with Gasteiger partial charge in [-0.25, -0.2) is 0 Å². The highest BCUT2D eigenvalue weighted by atomic mass is 16.5. The molecular formula is C13H24O2. The second kappa shape index (κ2) is 6.14. The summed E-state index contributed by atoms with van der Waals surface area (Å²) >= 11 is 0. The van der Waals surface area contributed by atoms with Crippen molar-refractivity contribution in [3.8, 4) is 0 Å². The highest BCUT2D eigenvalue weighted by Crippen LogP contribution is 2.50. The van der Waals surface area contributed by atoms with Gasteiger partial charge in [-0.05, 0) is 26.2 Å². The van der Waals surface area contributed by atoms with Gasteiger partial charge in [-0.15, -0.1) is 0 Å². The first-order chi connectivity index (χ1) is 7.25. The molecule has 1 rings (SSSR count). The second-order valence-corrected chi connectivity index (χ2v) is 4.67. The SMILES string of the molecule is CCCCCCCC1(C(=O)OCC)CC1. The zero-order chi connectivity index (χ0) is 11.1. The minimum atomic E-state index is -0.0533. The number of hydrogen-bond donors (Lipinski definition) is 0. The second-order valence-electron chi connectivity index (χ2n) is 4.67. The molecule has 2 heteroatoms. The van der Waals surface area contributed by atoms with Crippen molar-refractivity contribution < 1.29 is 9.53 Å². The van der Waals surface area contributed by atoms with E-state index in [1.54, 1.807) is 0 Å². The highest BCUT2D eigenvalue weighted by Gasteiger charge is 2.50. The Bertz CT molecular complexity index is 195. The van der Waals surface area contributed by atoms with Gasteiger partial charge in [0.1, 0.15) is 0 Å². The van der Waals surface area contributed by atoms with Gasteiger partial charge in [0, 0.05) is 0 Å². The summed E-state index contributed by atoms with van der Waals surface area (Å²) in [7, 11) is 0. The van der Waals surface area contributed by atoms with Crippen molar-refractivity contribution in [3.63, 3.8) is 0 Å². The quantitative estimate of drug-likeness (QED) is 0.453. The van der Waals surface area contributed by atoms with Crippen LogP contribution in [0.1, 0.15) is 65.2 Å². The summed E-state index contributed by atoms with van der Waals surface area (Å²) in [4.78, 5) is 11.6. The van der Waals surface area contributed by atoms with E-state index in [0.29, 0.717) is 6.61 Å². The predicted molar refractivity (Wildman–Crippen MR) is 61.7 cm³/mol. The molecule has 0 aromatic rings. The molecule has 88 valence electrons. The number of ether oxygens (including phenoxy) is 1. The minimum Gasteiger partial charge on any atom is -0.466 e. The van der Waals surface area contributed by atoms with Crippen molar-refractivity contribution in [3.05, 3.63) is 0 Å². The largest absolute Gasteiger partial charge is 0.466 e. The maximum Gasteiger partial charge on any atom is 0.312 e. The van der Waals surface area contributed by atoms with Crippen molar-refractivity contribution in [1.29, 1.82) is 0 Å². The highest BCUT2D eigenvalue weighted by molar-refractivity contribution is 5.79. The van der Waals surface area contributed by atoms with Crippen molar-refractivity contribution in [2.24, 2.45) is 5.41 Å². The number of esters is 1. The molecule has 0 saturated heterocycles. The maximum atomic E-state index is 11.6. The van der Waals surface area contributed by atoms with Crippen LogP contribution in [0.4, 0.5) is 0 Å². The van der Waals surface area contributed by atoms with Gasteiger partial charge < -0.3 is 4.74 Å². The smallest absolute Gasteiger partial charge is 0.312 e. The average Bonchev–Trinajstić information content (AvgIpc) is 2.99. The fourth-order valence-electron chi connectivity index (χ4n) is 2.06. The Balaban J connectivity index is 2.11. The molecule has 1 saturated carbocycles. The molecule has 0 aliphatic heterocycles. The third-order valence-corrected chi connectivity index (χ3v) is 3.32.